The van der Waals surface area contributed by atoms with Crippen molar-refractivity contribution in [2.24, 2.45) is 10.2 Å². The lowest BCUT2D eigenvalue weighted by Gasteiger charge is -1.99. The van der Waals surface area contributed by atoms with Crippen LogP contribution in [0.3, 0.4) is 0 Å². The lowest BCUT2D eigenvalue weighted by atomic mass is 10.2. The maximum absolute atomic E-state index is 11.7. The molecule has 0 bridgehead atoms. The molecule has 1 aliphatic rings. The average Bonchev–Trinajstić information content (AvgIpc) is 2.89. The van der Waals surface area contributed by atoms with Gasteiger partial charge in [-0.15, -0.1) is 5.11 Å². The van der Waals surface area contributed by atoms with Crippen molar-refractivity contribution >= 4 is 38.9 Å². The van der Waals surface area contributed by atoms with Crippen LogP contribution in [0.4, 0.5) is 23.0 Å². The Morgan fingerprint density at radius 3 is 2.70 bits per heavy atom. The average molecular weight is 290 g/mol. The molecule has 1 aromatic carbocycles. The van der Waals surface area contributed by atoms with Gasteiger partial charge in [-0.3, -0.25) is 5.10 Å². The molecule has 0 unspecified atom stereocenters. The first-order chi connectivity index (χ1) is 9.47. The molecular weight excluding hydrogens is 280 g/mol. The Kier molecular flexibility index (Phi) is 2.57. The number of sulfone groups is 1. The predicted octanol–water partition coefficient (Wildman–Crippen LogP) is 1.75. The van der Waals surface area contributed by atoms with Crippen LogP contribution in [-0.2, 0) is 9.84 Å². The first-order valence-corrected chi connectivity index (χ1v) is 7.10. The molecular formula is C11H10N6O2S. The van der Waals surface area contributed by atoms with Gasteiger partial charge in [-0.05, 0) is 23.8 Å². The molecule has 0 saturated carbocycles. The normalized spacial score (nSPS) is 15.8. The number of aromatic nitrogens is 2. The number of aromatic amines is 1. The molecule has 3 rings (SSSR count). The van der Waals surface area contributed by atoms with E-state index in [-0.39, 0.29) is 22.2 Å². The zero-order valence-electron chi connectivity index (χ0n) is 10.1. The highest BCUT2D eigenvalue weighted by Crippen LogP contribution is 2.32. The number of nitrogen functional groups attached to an aromatic ring is 2. The summed E-state index contributed by atoms with van der Waals surface area (Å²) in [7, 11) is -3.37. The molecule has 102 valence electrons. The monoisotopic (exact) mass is 290 g/mol. The van der Waals surface area contributed by atoms with Crippen molar-refractivity contribution in [3.05, 3.63) is 29.2 Å². The van der Waals surface area contributed by atoms with Gasteiger partial charge in [-0.1, -0.05) is 6.07 Å². The van der Waals surface area contributed by atoms with Crippen LogP contribution in [0.25, 0.3) is 6.08 Å². The standard InChI is InChI=1S/C11H10N6O2S/c12-10-9(11(13)17-16-10)15-14-7-2-1-6-3-4-20(18,19)8(6)5-7/h1-5H,(H5,12,13,16,17). The van der Waals surface area contributed by atoms with Crippen molar-refractivity contribution in [2.75, 3.05) is 11.5 Å². The summed E-state index contributed by atoms with van der Waals surface area (Å²) in [5.41, 5.74) is 12.4. The number of benzene rings is 1. The minimum Gasteiger partial charge on any atom is -0.382 e. The third kappa shape index (κ3) is 1.93. The summed E-state index contributed by atoms with van der Waals surface area (Å²) in [6, 6.07) is 4.76. The Labute approximate surface area is 114 Å². The second-order valence-corrected chi connectivity index (χ2v) is 5.94. The Balaban J connectivity index is 1.98. The number of nitrogens with one attached hydrogen (secondary N) is 1. The summed E-state index contributed by atoms with van der Waals surface area (Å²) >= 11 is 0. The van der Waals surface area contributed by atoms with Crippen LogP contribution >= 0.6 is 0 Å². The number of nitrogens with zero attached hydrogens (tertiary/aromatic N) is 3. The summed E-state index contributed by atoms with van der Waals surface area (Å²) in [4.78, 5) is 0.210. The maximum atomic E-state index is 11.7. The number of azo groups is 1. The van der Waals surface area contributed by atoms with Gasteiger partial charge in [0.2, 0.25) is 9.84 Å². The summed E-state index contributed by atoms with van der Waals surface area (Å²) in [5.74, 6) is 0.323. The first-order valence-electron chi connectivity index (χ1n) is 5.55. The predicted molar refractivity (Wildman–Crippen MR) is 74.3 cm³/mol. The minimum absolute atomic E-state index is 0.127. The summed E-state index contributed by atoms with van der Waals surface area (Å²) in [5, 5.41) is 15.1. The molecule has 8 nitrogen and oxygen atoms in total. The zero-order chi connectivity index (χ0) is 14.3. The quantitative estimate of drug-likeness (QED) is 0.723. The Bertz CT molecular complexity index is 830. The van der Waals surface area contributed by atoms with Crippen LogP contribution in [0, 0.1) is 0 Å². The molecule has 0 fully saturated rings. The van der Waals surface area contributed by atoms with E-state index in [1.807, 2.05) is 0 Å². The van der Waals surface area contributed by atoms with Crippen molar-refractivity contribution < 1.29 is 8.42 Å². The van der Waals surface area contributed by atoms with Gasteiger partial charge in [0.15, 0.2) is 11.5 Å². The highest BCUT2D eigenvalue weighted by Gasteiger charge is 2.20. The maximum Gasteiger partial charge on any atom is 0.200 e. The number of hydrogen-bond acceptors (Lipinski definition) is 7. The largest absolute Gasteiger partial charge is 0.382 e. The fourth-order valence-corrected chi connectivity index (χ4v) is 3.00. The molecule has 0 saturated heterocycles. The van der Waals surface area contributed by atoms with Crippen molar-refractivity contribution in [3.8, 4) is 0 Å². The van der Waals surface area contributed by atoms with Crippen molar-refractivity contribution in [2.45, 2.75) is 4.90 Å². The SMILES string of the molecule is Nc1n[nH]c(N)c1N=Nc1ccc2c(c1)S(=O)(=O)C=C2. The van der Waals surface area contributed by atoms with Crippen molar-refractivity contribution in [1.82, 2.24) is 10.2 Å². The van der Waals surface area contributed by atoms with Gasteiger partial charge in [0, 0.05) is 5.41 Å². The van der Waals surface area contributed by atoms with Gasteiger partial charge < -0.3 is 11.5 Å². The number of anilines is 2. The third-order valence-corrected chi connectivity index (χ3v) is 4.25. The zero-order valence-corrected chi connectivity index (χ0v) is 10.9. The van der Waals surface area contributed by atoms with E-state index < -0.39 is 9.84 Å². The van der Waals surface area contributed by atoms with E-state index in [0.717, 1.165) is 5.41 Å². The molecule has 0 spiro atoms. The van der Waals surface area contributed by atoms with E-state index in [1.165, 1.54) is 12.1 Å². The second-order valence-electron chi connectivity index (χ2n) is 4.14. The van der Waals surface area contributed by atoms with Crippen LogP contribution in [0.2, 0.25) is 0 Å². The fourth-order valence-electron chi connectivity index (χ4n) is 1.78. The molecule has 1 aromatic heterocycles. The number of rotatable bonds is 2. The van der Waals surface area contributed by atoms with E-state index in [1.54, 1.807) is 12.1 Å². The number of hydrogen-bond donors (Lipinski definition) is 3. The molecule has 5 N–H and O–H groups in total. The van der Waals surface area contributed by atoms with Crippen LogP contribution in [0.1, 0.15) is 5.56 Å². The van der Waals surface area contributed by atoms with Crippen LogP contribution in [0.15, 0.2) is 38.7 Å². The van der Waals surface area contributed by atoms with Crippen LogP contribution < -0.4 is 11.5 Å². The topological polar surface area (TPSA) is 140 Å². The smallest absolute Gasteiger partial charge is 0.200 e. The molecule has 0 amide bonds. The highest BCUT2D eigenvalue weighted by molar-refractivity contribution is 7.94. The number of nitrogens with two attached hydrogens (primary N) is 2. The fraction of sp³-hybridized carbons (Fsp3) is 0. The Morgan fingerprint density at radius 1 is 1.20 bits per heavy atom. The van der Waals surface area contributed by atoms with E-state index in [9.17, 15) is 8.42 Å². The van der Waals surface area contributed by atoms with Gasteiger partial charge in [-0.2, -0.15) is 10.2 Å². The molecule has 0 radical (unpaired) electrons. The van der Waals surface area contributed by atoms with Gasteiger partial charge >= 0.3 is 0 Å². The van der Waals surface area contributed by atoms with E-state index in [0.29, 0.717) is 11.3 Å². The van der Waals surface area contributed by atoms with Crippen LogP contribution in [0.5, 0.6) is 0 Å². The van der Waals surface area contributed by atoms with E-state index in [2.05, 4.69) is 20.4 Å². The van der Waals surface area contributed by atoms with Crippen molar-refractivity contribution in [3.63, 3.8) is 0 Å². The molecule has 20 heavy (non-hydrogen) atoms. The summed E-state index contributed by atoms with van der Waals surface area (Å²) < 4.78 is 23.5. The summed E-state index contributed by atoms with van der Waals surface area (Å²) in [6.45, 7) is 0. The Morgan fingerprint density at radius 2 is 2.00 bits per heavy atom. The van der Waals surface area contributed by atoms with Gasteiger partial charge in [-0.25, -0.2) is 8.42 Å². The molecule has 2 heterocycles. The van der Waals surface area contributed by atoms with Gasteiger partial charge in [0.1, 0.15) is 5.82 Å². The van der Waals surface area contributed by atoms with Crippen molar-refractivity contribution in [1.29, 1.82) is 0 Å². The lowest BCUT2D eigenvalue weighted by molar-refractivity contribution is 0.605. The Hall–Kier alpha value is -2.68. The molecule has 0 aliphatic carbocycles. The summed E-state index contributed by atoms with van der Waals surface area (Å²) in [6.07, 6.45) is 1.54. The lowest BCUT2D eigenvalue weighted by Crippen LogP contribution is -1.92. The second kappa shape index (κ2) is 4.17. The molecule has 9 heteroatoms. The van der Waals surface area contributed by atoms with E-state index >= 15 is 0 Å². The van der Waals surface area contributed by atoms with Gasteiger partial charge in [0.25, 0.3) is 0 Å². The number of fused-ring (bicyclic) bond motifs is 1. The van der Waals surface area contributed by atoms with Gasteiger partial charge in [0.05, 0.1) is 10.6 Å². The first kappa shape index (κ1) is 12.4. The number of H-pyrrole nitrogens is 1. The highest BCUT2D eigenvalue weighted by atomic mass is 32.2. The molecule has 0 atom stereocenters. The van der Waals surface area contributed by atoms with E-state index in [4.69, 9.17) is 11.5 Å². The molecule has 1 aliphatic heterocycles. The molecule has 2 aromatic rings. The third-order valence-electron chi connectivity index (χ3n) is 2.79. The van der Waals surface area contributed by atoms with Crippen LogP contribution in [-0.4, -0.2) is 18.6 Å². The minimum atomic E-state index is -3.37.